The number of anilines is 1. The summed E-state index contributed by atoms with van der Waals surface area (Å²) in [6.45, 7) is 0.319. The van der Waals surface area contributed by atoms with Gasteiger partial charge in [-0.05, 0) is 12.1 Å². The normalized spacial score (nSPS) is 15.3. The summed E-state index contributed by atoms with van der Waals surface area (Å²) < 4.78 is 83.9. The van der Waals surface area contributed by atoms with Crippen LogP contribution in [0.1, 0.15) is 5.56 Å². The topological polar surface area (TPSA) is 94.1 Å². The Labute approximate surface area is 200 Å². The molecule has 1 aromatic heterocycles. The van der Waals surface area contributed by atoms with Gasteiger partial charge in [0.05, 0.1) is 42.7 Å². The molecule has 4 rings (SSSR count). The standard InChI is InChI=1S/C22H23F3N4O5S/c1-32-16-12-15-18(20(34-3)19(16)33-2)21(27-13-26-15)28-8-10-29(11-9-28)35(30,31)17-7-5-4-6-14(17)22(23,24)25/h4-7,12-13H,8-11H2,1-3H3. The van der Waals surface area contributed by atoms with Crippen LogP contribution in [0.2, 0.25) is 0 Å². The zero-order chi connectivity index (χ0) is 25.4. The number of hydrogen-bond acceptors (Lipinski definition) is 8. The van der Waals surface area contributed by atoms with Gasteiger partial charge in [0, 0.05) is 32.2 Å². The number of halogens is 3. The first-order valence-corrected chi connectivity index (χ1v) is 11.9. The average Bonchev–Trinajstić information content (AvgIpc) is 2.86. The van der Waals surface area contributed by atoms with Crippen LogP contribution < -0.4 is 19.1 Å². The number of benzene rings is 2. The summed E-state index contributed by atoms with van der Waals surface area (Å²) in [6.07, 6.45) is -3.42. The molecule has 0 aliphatic carbocycles. The van der Waals surface area contributed by atoms with E-state index < -0.39 is 26.7 Å². The zero-order valence-corrected chi connectivity index (χ0v) is 20.0. The predicted molar refractivity (Wildman–Crippen MR) is 122 cm³/mol. The molecule has 35 heavy (non-hydrogen) atoms. The lowest BCUT2D eigenvalue weighted by molar-refractivity contribution is -0.139. The fraction of sp³-hybridized carbons (Fsp3) is 0.364. The molecule has 1 aliphatic rings. The van der Waals surface area contributed by atoms with Gasteiger partial charge in [0.25, 0.3) is 0 Å². The number of methoxy groups -OCH3 is 3. The molecular weight excluding hydrogens is 489 g/mol. The van der Waals surface area contributed by atoms with Crippen molar-refractivity contribution in [3.63, 3.8) is 0 Å². The average molecular weight is 513 g/mol. The lowest BCUT2D eigenvalue weighted by atomic mass is 10.1. The highest BCUT2D eigenvalue weighted by Gasteiger charge is 2.39. The molecule has 13 heteroatoms. The van der Waals surface area contributed by atoms with Gasteiger partial charge < -0.3 is 19.1 Å². The first kappa shape index (κ1) is 24.8. The van der Waals surface area contributed by atoms with Gasteiger partial charge in [-0.1, -0.05) is 12.1 Å². The first-order chi connectivity index (χ1) is 16.6. The van der Waals surface area contributed by atoms with E-state index in [0.29, 0.717) is 34.0 Å². The summed E-state index contributed by atoms with van der Waals surface area (Å²) in [4.78, 5) is 9.75. The number of piperazine rings is 1. The van der Waals surface area contributed by atoms with Gasteiger partial charge in [0.1, 0.15) is 12.1 Å². The molecule has 188 valence electrons. The van der Waals surface area contributed by atoms with Crippen molar-refractivity contribution in [1.82, 2.24) is 14.3 Å². The lowest BCUT2D eigenvalue weighted by Crippen LogP contribution is -2.49. The van der Waals surface area contributed by atoms with Gasteiger partial charge in [0.2, 0.25) is 15.8 Å². The molecule has 1 aliphatic heterocycles. The van der Waals surface area contributed by atoms with E-state index in [9.17, 15) is 21.6 Å². The second-order valence-corrected chi connectivity index (χ2v) is 9.53. The predicted octanol–water partition coefficient (Wildman–Crippen LogP) is 3.19. The number of aromatic nitrogens is 2. The molecule has 3 aromatic rings. The minimum absolute atomic E-state index is 0.0321. The highest BCUT2D eigenvalue weighted by atomic mass is 32.2. The maximum absolute atomic E-state index is 13.4. The molecule has 2 heterocycles. The van der Waals surface area contributed by atoms with Crippen molar-refractivity contribution in [2.75, 3.05) is 52.4 Å². The van der Waals surface area contributed by atoms with E-state index in [-0.39, 0.29) is 26.2 Å². The minimum atomic E-state index is -4.79. The lowest BCUT2D eigenvalue weighted by Gasteiger charge is -2.35. The largest absolute Gasteiger partial charge is 0.493 e. The highest BCUT2D eigenvalue weighted by Crippen LogP contribution is 2.45. The van der Waals surface area contributed by atoms with Gasteiger partial charge in [0.15, 0.2) is 11.5 Å². The van der Waals surface area contributed by atoms with E-state index in [1.807, 2.05) is 4.90 Å². The Morgan fingerprint density at radius 3 is 2.17 bits per heavy atom. The monoisotopic (exact) mass is 512 g/mol. The summed E-state index contributed by atoms with van der Waals surface area (Å²) in [7, 11) is 0.0629. The maximum Gasteiger partial charge on any atom is 0.417 e. The van der Waals surface area contributed by atoms with Crippen LogP contribution in [0.25, 0.3) is 10.9 Å². The maximum atomic E-state index is 13.4. The van der Waals surface area contributed by atoms with E-state index in [2.05, 4.69) is 9.97 Å². The van der Waals surface area contributed by atoms with Crippen molar-refractivity contribution >= 4 is 26.7 Å². The van der Waals surface area contributed by atoms with Gasteiger partial charge in [-0.15, -0.1) is 0 Å². The molecule has 0 spiro atoms. The third-order valence-corrected chi connectivity index (χ3v) is 7.71. The van der Waals surface area contributed by atoms with Crippen molar-refractivity contribution in [2.24, 2.45) is 0 Å². The molecule has 9 nitrogen and oxygen atoms in total. The van der Waals surface area contributed by atoms with Crippen molar-refractivity contribution in [1.29, 1.82) is 0 Å². The highest BCUT2D eigenvalue weighted by molar-refractivity contribution is 7.89. The van der Waals surface area contributed by atoms with Crippen LogP contribution in [-0.4, -0.2) is 70.2 Å². The fourth-order valence-electron chi connectivity index (χ4n) is 4.12. The third-order valence-electron chi connectivity index (χ3n) is 5.76. The van der Waals surface area contributed by atoms with Crippen LogP contribution in [0, 0.1) is 0 Å². The van der Waals surface area contributed by atoms with E-state index >= 15 is 0 Å². The Hall–Kier alpha value is -3.32. The molecule has 0 amide bonds. The van der Waals surface area contributed by atoms with Gasteiger partial charge >= 0.3 is 6.18 Å². The fourth-order valence-corrected chi connectivity index (χ4v) is 5.75. The molecule has 0 bridgehead atoms. The van der Waals surface area contributed by atoms with Crippen LogP contribution in [0.5, 0.6) is 17.2 Å². The van der Waals surface area contributed by atoms with Crippen molar-refractivity contribution in [3.05, 3.63) is 42.2 Å². The molecular formula is C22H23F3N4O5S. The van der Waals surface area contributed by atoms with Crippen molar-refractivity contribution in [2.45, 2.75) is 11.1 Å². The molecule has 1 saturated heterocycles. The number of alkyl halides is 3. The molecule has 0 radical (unpaired) electrons. The van der Waals surface area contributed by atoms with Gasteiger partial charge in [-0.2, -0.15) is 17.5 Å². The van der Waals surface area contributed by atoms with Crippen LogP contribution in [0.4, 0.5) is 19.0 Å². The van der Waals surface area contributed by atoms with Crippen LogP contribution in [-0.2, 0) is 16.2 Å². The number of fused-ring (bicyclic) bond motifs is 1. The van der Waals surface area contributed by atoms with Crippen LogP contribution in [0.15, 0.2) is 41.6 Å². The Morgan fingerprint density at radius 1 is 0.914 bits per heavy atom. The Kier molecular flexibility index (Phi) is 6.64. The summed E-state index contributed by atoms with van der Waals surface area (Å²) >= 11 is 0. The number of ether oxygens (including phenoxy) is 3. The molecule has 1 fully saturated rings. The third kappa shape index (κ3) is 4.41. The molecule has 2 aromatic carbocycles. The first-order valence-electron chi connectivity index (χ1n) is 10.5. The molecule has 0 saturated carbocycles. The van der Waals surface area contributed by atoms with E-state index in [0.717, 1.165) is 22.5 Å². The van der Waals surface area contributed by atoms with E-state index in [4.69, 9.17) is 14.2 Å². The summed E-state index contributed by atoms with van der Waals surface area (Å²) in [5.41, 5.74) is -0.659. The second kappa shape index (κ2) is 9.38. The summed E-state index contributed by atoms with van der Waals surface area (Å²) in [6, 6.07) is 5.86. The number of hydrogen-bond donors (Lipinski definition) is 0. The minimum Gasteiger partial charge on any atom is -0.493 e. The zero-order valence-electron chi connectivity index (χ0n) is 19.2. The van der Waals surface area contributed by atoms with E-state index in [1.54, 1.807) is 6.07 Å². The number of nitrogens with zero attached hydrogens (tertiary/aromatic N) is 4. The number of rotatable bonds is 6. The Balaban J connectivity index is 1.67. The summed E-state index contributed by atoms with van der Waals surface area (Å²) in [5.74, 6) is 1.61. The SMILES string of the molecule is COc1cc2ncnc(N3CCN(S(=O)(=O)c4ccccc4C(F)(F)F)CC3)c2c(OC)c1OC. The summed E-state index contributed by atoms with van der Waals surface area (Å²) in [5, 5.41) is 0.548. The van der Waals surface area contributed by atoms with Gasteiger partial charge in [-0.25, -0.2) is 18.4 Å². The smallest absolute Gasteiger partial charge is 0.417 e. The van der Waals surface area contributed by atoms with Crippen LogP contribution >= 0.6 is 0 Å². The molecule has 0 N–H and O–H groups in total. The Bertz CT molecular complexity index is 1340. The number of sulfonamides is 1. The Morgan fingerprint density at radius 2 is 1.57 bits per heavy atom. The van der Waals surface area contributed by atoms with Gasteiger partial charge in [-0.3, -0.25) is 0 Å². The van der Waals surface area contributed by atoms with Crippen LogP contribution in [0.3, 0.4) is 0 Å². The van der Waals surface area contributed by atoms with Crippen molar-refractivity contribution in [3.8, 4) is 17.2 Å². The molecule has 0 unspecified atom stereocenters. The quantitative estimate of drug-likeness (QED) is 0.497. The molecule has 0 atom stereocenters. The van der Waals surface area contributed by atoms with E-state index in [1.165, 1.54) is 33.7 Å². The van der Waals surface area contributed by atoms with Crippen molar-refractivity contribution < 1.29 is 35.8 Å². The second-order valence-electron chi connectivity index (χ2n) is 7.62.